The van der Waals surface area contributed by atoms with E-state index >= 15 is 0 Å². The van der Waals surface area contributed by atoms with E-state index in [0.717, 1.165) is 23.9 Å². The predicted molar refractivity (Wildman–Crippen MR) is 91.9 cm³/mol. The van der Waals surface area contributed by atoms with Crippen LogP contribution in [0.2, 0.25) is 0 Å². The summed E-state index contributed by atoms with van der Waals surface area (Å²) < 4.78 is 8.11. The van der Waals surface area contributed by atoms with Crippen molar-refractivity contribution in [3.05, 3.63) is 60.2 Å². The van der Waals surface area contributed by atoms with Gasteiger partial charge in [-0.05, 0) is 30.5 Å². The molecule has 1 heterocycles. The van der Waals surface area contributed by atoms with Gasteiger partial charge in [0.15, 0.2) is 6.23 Å². The molecule has 0 unspecified atom stereocenters. The molecule has 4 nitrogen and oxygen atoms in total. The third-order valence-corrected chi connectivity index (χ3v) is 3.99. The molecule has 0 amide bonds. The molecule has 3 aromatic rings. The van der Waals surface area contributed by atoms with Crippen molar-refractivity contribution in [3.63, 3.8) is 0 Å². The molecule has 0 aliphatic rings. The summed E-state index contributed by atoms with van der Waals surface area (Å²) in [6, 6.07) is 18.3. The second-order valence-electron chi connectivity index (χ2n) is 5.77. The van der Waals surface area contributed by atoms with Crippen LogP contribution in [0.4, 0.5) is 0 Å². The van der Waals surface area contributed by atoms with Crippen molar-refractivity contribution in [2.45, 2.75) is 45.4 Å². The topological polar surface area (TPSA) is 39.9 Å². The molecule has 23 heavy (non-hydrogen) atoms. The minimum Gasteiger partial charge on any atom is -0.352 e. The van der Waals surface area contributed by atoms with Gasteiger partial charge in [-0.1, -0.05) is 67.4 Å². The maximum atomic E-state index is 6.19. The molecule has 2 aromatic carbocycles. The zero-order chi connectivity index (χ0) is 15.9. The van der Waals surface area contributed by atoms with Crippen LogP contribution in [-0.4, -0.2) is 15.0 Å². The Morgan fingerprint density at radius 2 is 1.78 bits per heavy atom. The van der Waals surface area contributed by atoms with Crippen molar-refractivity contribution in [2.24, 2.45) is 0 Å². The van der Waals surface area contributed by atoms with Crippen molar-refractivity contribution >= 4 is 11.0 Å². The summed E-state index contributed by atoms with van der Waals surface area (Å²) >= 11 is 0. The van der Waals surface area contributed by atoms with Crippen molar-refractivity contribution < 1.29 is 4.74 Å². The van der Waals surface area contributed by atoms with E-state index in [1.54, 1.807) is 0 Å². The lowest BCUT2D eigenvalue weighted by Crippen LogP contribution is -2.15. The van der Waals surface area contributed by atoms with Gasteiger partial charge in [-0.25, -0.2) is 4.68 Å². The van der Waals surface area contributed by atoms with Crippen LogP contribution in [0.3, 0.4) is 0 Å². The molecule has 0 saturated heterocycles. The highest BCUT2D eigenvalue weighted by atomic mass is 16.5. The summed E-state index contributed by atoms with van der Waals surface area (Å²) in [6.07, 6.45) is 4.41. The van der Waals surface area contributed by atoms with Gasteiger partial charge in [-0.2, -0.15) is 0 Å². The number of para-hydroxylation sites is 1. The molecule has 0 saturated carbocycles. The second-order valence-corrected chi connectivity index (χ2v) is 5.77. The average molecular weight is 309 g/mol. The van der Waals surface area contributed by atoms with Gasteiger partial charge in [-0.3, -0.25) is 0 Å². The number of hydrogen-bond donors (Lipinski definition) is 0. The molecular formula is C19H23N3O. The molecule has 0 N–H and O–H groups in total. The van der Waals surface area contributed by atoms with Crippen molar-refractivity contribution in [2.75, 3.05) is 0 Å². The maximum Gasteiger partial charge on any atom is 0.153 e. The Morgan fingerprint density at radius 3 is 2.61 bits per heavy atom. The molecule has 0 aliphatic heterocycles. The fourth-order valence-corrected chi connectivity index (χ4v) is 2.71. The van der Waals surface area contributed by atoms with Gasteiger partial charge in [0, 0.05) is 0 Å². The number of aromatic nitrogens is 3. The summed E-state index contributed by atoms with van der Waals surface area (Å²) in [5.74, 6) is 0. The Balaban J connectivity index is 1.77. The van der Waals surface area contributed by atoms with E-state index in [0.29, 0.717) is 6.61 Å². The molecule has 4 heteroatoms. The fourth-order valence-electron chi connectivity index (χ4n) is 2.71. The highest BCUT2D eigenvalue weighted by molar-refractivity contribution is 5.73. The van der Waals surface area contributed by atoms with Crippen LogP contribution in [0.15, 0.2) is 54.6 Å². The van der Waals surface area contributed by atoms with E-state index < -0.39 is 0 Å². The minimum absolute atomic E-state index is 0.0749. The first-order valence-corrected chi connectivity index (χ1v) is 8.34. The van der Waals surface area contributed by atoms with Crippen LogP contribution in [0, 0.1) is 0 Å². The van der Waals surface area contributed by atoms with E-state index in [-0.39, 0.29) is 6.23 Å². The number of hydrogen-bond acceptors (Lipinski definition) is 3. The normalized spacial score (nSPS) is 12.6. The number of nitrogens with zero attached hydrogens (tertiary/aromatic N) is 3. The molecule has 0 radical (unpaired) electrons. The van der Waals surface area contributed by atoms with Crippen LogP contribution in [0.5, 0.6) is 0 Å². The largest absolute Gasteiger partial charge is 0.352 e. The SMILES string of the molecule is CCCCC[C@H](OCc1ccccc1)n1nnc2ccccc21. The first kappa shape index (κ1) is 15.7. The average Bonchev–Trinajstić information content (AvgIpc) is 3.03. The van der Waals surface area contributed by atoms with E-state index in [4.69, 9.17) is 4.74 Å². The van der Waals surface area contributed by atoms with Gasteiger partial charge in [0.25, 0.3) is 0 Å². The Kier molecular flexibility index (Phi) is 5.37. The molecule has 3 rings (SSSR count). The zero-order valence-electron chi connectivity index (χ0n) is 13.6. The lowest BCUT2D eigenvalue weighted by atomic mass is 10.2. The Hall–Kier alpha value is -2.20. The summed E-state index contributed by atoms with van der Waals surface area (Å²) in [5, 5.41) is 8.58. The van der Waals surface area contributed by atoms with Crippen LogP contribution < -0.4 is 0 Å². The third-order valence-electron chi connectivity index (χ3n) is 3.99. The highest BCUT2D eigenvalue weighted by Crippen LogP contribution is 2.23. The smallest absolute Gasteiger partial charge is 0.153 e. The van der Waals surface area contributed by atoms with Crippen molar-refractivity contribution in [1.82, 2.24) is 15.0 Å². The molecule has 120 valence electrons. The monoisotopic (exact) mass is 309 g/mol. The van der Waals surface area contributed by atoms with Crippen LogP contribution >= 0.6 is 0 Å². The summed E-state index contributed by atoms with van der Waals surface area (Å²) in [5.41, 5.74) is 3.12. The van der Waals surface area contributed by atoms with Crippen molar-refractivity contribution in [1.29, 1.82) is 0 Å². The van der Waals surface area contributed by atoms with Gasteiger partial charge < -0.3 is 4.74 Å². The number of ether oxygens (including phenoxy) is 1. The highest BCUT2D eigenvalue weighted by Gasteiger charge is 2.16. The molecule has 0 bridgehead atoms. The first-order valence-electron chi connectivity index (χ1n) is 8.34. The van der Waals surface area contributed by atoms with E-state index in [2.05, 4.69) is 29.4 Å². The number of unbranched alkanes of at least 4 members (excludes halogenated alkanes) is 2. The maximum absolute atomic E-state index is 6.19. The summed E-state index contributed by atoms with van der Waals surface area (Å²) in [7, 11) is 0. The Bertz CT molecular complexity index is 724. The lowest BCUT2D eigenvalue weighted by Gasteiger charge is -2.18. The first-order chi connectivity index (χ1) is 11.4. The van der Waals surface area contributed by atoms with E-state index in [1.165, 1.54) is 18.4 Å². The van der Waals surface area contributed by atoms with Gasteiger partial charge in [0.05, 0.1) is 12.1 Å². The molecule has 0 aliphatic carbocycles. The summed E-state index contributed by atoms with van der Waals surface area (Å²) in [4.78, 5) is 0. The Morgan fingerprint density at radius 1 is 1.00 bits per heavy atom. The quantitative estimate of drug-likeness (QED) is 0.565. The number of fused-ring (bicyclic) bond motifs is 1. The molecule has 0 fully saturated rings. The van der Waals surface area contributed by atoms with Crippen LogP contribution in [0.25, 0.3) is 11.0 Å². The lowest BCUT2D eigenvalue weighted by molar-refractivity contribution is -0.0229. The van der Waals surface area contributed by atoms with Crippen LogP contribution in [0.1, 0.15) is 44.4 Å². The Labute approximate surface area is 137 Å². The van der Waals surface area contributed by atoms with E-state index in [9.17, 15) is 0 Å². The van der Waals surface area contributed by atoms with Crippen LogP contribution in [-0.2, 0) is 11.3 Å². The standard InChI is InChI=1S/C19H23N3O/c1-2-3-5-14-19(23-15-16-10-6-4-7-11-16)22-18-13-9-8-12-17(18)20-21-22/h4,6-13,19H,2-3,5,14-15H2,1H3/t19-/m0/s1. The fraction of sp³-hybridized carbons (Fsp3) is 0.368. The van der Waals surface area contributed by atoms with Gasteiger partial charge in [0.1, 0.15) is 5.52 Å². The van der Waals surface area contributed by atoms with E-state index in [1.807, 2.05) is 47.1 Å². The predicted octanol–water partition coefficient (Wildman–Crippen LogP) is 4.73. The molecule has 0 spiro atoms. The van der Waals surface area contributed by atoms with Gasteiger partial charge in [-0.15, -0.1) is 5.10 Å². The second kappa shape index (κ2) is 7.88. The molecule has 1 atom stereocenters. The molecule has 1 aromatic heterocycles. The van der Waals surface area contributed by atoms with Crippen molar-refractivity contribution in [3.8, 4) is 0 Å². The van der Waals surface area contributed by atoms with Gasteiger partial charge in [0.2, 0.25) is 0 Å². The molecular weight excluding hydrogens is 286 g/mol. The minimum atomic E-state index is -0.0749. The third kappa shape index (κ3) is 3.96. The zero-order valence-corrected chi connectivity index (χ0v) is 13.6. The number of benzene rings is 2. The summed E-state index contributed by atoms with van der Waals surface area (Å²) in [6.45, 7) is 2.80. The van der Waals surface area contributed by atoms with Gasteiger partial charge >= 0.3 is 0 Å². The number of rotatable bonds is 8.